The van der Waals surface area contributed by atoms with Gasteiger partial charge >= 0.3 is 0 Å². The molecule has 0 N–H and O–H groups in total. The van der Waals surface area contributed by atoms with E-state index in [-0.39, 0.29) is 17.3 Å². The monoisotopic (exact) mass is 344 g/mol. The topological polar surface area (TPSA) is 57.7 Å². The number of nitrogens with zero attached hydrogens (tertiary/aromatic N) is 2. The summed E-state index contributed by atoms with van der Waals surface area (Å²) in [5.41, 5.74) is -1.09. The molecule has 2 aliphatic rings. The third-order valence-electron chi connectivity index (χ3n) is 4.74. The second kappa shape index (κ2) is 5.52. The summed E-state index contributed by atoms with van der Waals surface area (Å²) >= 11 is 0. The number of amides is 1. The molecule has 1 amide bonds. The van der Waals surface area contributed by atoms with Crippen LogP contribution in [0.15, 0.2) is 23.1 Å². The quantitative estimate of drug-likeness (QED) is 0.821. The molecule has 8 heteroatoms. The van der Waals surface area contributed by atoms with Crippen molar-refractivity contribution in [1.82, 2.24) is 9.21 Å². The van der Waals surface area contributed by atoms with E-state index in [4.69, 9.17) is 0 Å². The molecular formula is C15H18F2N2O3S. The van der Waals surface area contributed by atoms with E-state index < -0.39 is 27.2 Å². The molecule has 2 aliphatic heterocycles. The smallest absolute Gasteiger partial charge is 0.244 e. The number of piperidine rings is 1. The standard InChI is InChI=1S/C15H18F2N2O3S/c1-18-8-2-6-15(14(18)20)7-3-9-19(15)23(21,22)11-4-5-12(16)13(17)10-11/h4-5,10H,2-3,6-9H2,1H3. The summed E-state index contributed by atoms with van der Waals surface area (Å²) in [5, 5.41) is 0. The Morgan fingerprint density at radius 2 is 1.74 bits per heavy atom. The predicted octanol–water partition coefficient (Wildman–Crippen LogP) is 1.74. The number of hydrogen-bond donors (Lipinski definition) is 0. The van der Waals surface area contributed by atoms with Gasteiger partial charge in [0.2, 0.25) is 15.9 Å². The number of rotatable bonds is 2. The maximum Gasteiger partial charge on any atom is 0.244 e. The fourth-order valence-corrected chi connectivity index (χ4v) is 5.44. The van der Waals surface area contributed by atoms with Gasteiger partial charge in [-0.15, -0.1) is 0 Å². The maximum absolute atomic E-state index is 13.4. The summed E-state index contributed by atoms with van der Waals surface area (Å²) in [6.07, 6.45) is 2.20. The minimum absolute atomic E-state index is 0.209. The number of hydrogen-bond acceptors (Lipinski definition) is 3. The Hall–Kier alpha value is -1.54. The third kappa shape index (κ3) is 2.44. The van der Waals surface area contributed by atoms with E-state index in [9.17, 15) is 22.0 Å². The van der Waals surface area contributed by atoms with Crippen molar-refractivity contribution in [2.75, 3.05) is 20.1 Å². The second-order valence-electron chi connectivity index (χ2n) is 6.12. The molecular weight excluding hydrogens is 326 g/mol. The fraction of sp³-hybridized carbons (Fsp3) is 0.533. The normalized spacial score (nSPS) is 26.2. The number of sulfonamides is 1. The minimum Gasteiger partial charge on any atom is -0.344 e. The van der Waals surface area contributed by atoms with Crippen molar-refractivity contribution in [3.63, 3.8) is 0 Å². The molecule has 3 rings (SSSR count). The number of carbonyl (C=O) groups excluding carboxylic acids is 1. The van der Waals surface area contributed by atoms with Crippen LogP contribution in [0.5, 0.6) is 0 Å². The molecule has 0 bridgehead atoms. The molecule has 1 aromatic carbocycles. The lowest BCUT2D eigenvalue weighted by Crippen LogP contribution is -2.60. The molecule has 23 heavy (non-hydrogen) atoms. The molecule has 2 heterocycles. The highest BCUT2D eigenvalue weighted by Gasteiger charge is 2.54. The zero-order valence-electron chi connectivity index (χ0n) is 12.8. The summed E-state index contributed by atoms with van der Waals surface area (Å²) in [4.78, 5) is 13.9. The number of halogens is 2. The summed E-state index contributed by atoms with van der Waals surface area (Å²) < 4.78 is 53.5. The van der Waals surface area contributed by atoms with E-state index in [1.165, 1.54) is 4.31 Å². The number of carbonyl (C=O) groups is 1. The van der Waals surface area contributed by atoms with E-state index in [2.05, 4.69) is 0 Å². The molecule has 5 nitrogen and oxygen atoms in total. The Kier molecular flexibility index (Phi) is 3.92. The van der Waals surface area contributed by atoms with E-state index in [0.29, 0.717) is 38.3 Å². The first-order chi connectivity index (χ1) is 10.8. The second-order valence-corrected chi connectivity index (χ2v) is 7.98. The van der Waals surface area contributed by atoms with Crippen LogP contribution >= 0.6 is 0 Å². The van der Waals surface area contributed by atoms with Gasteiger partial charge < -0.3 is 4.90 Å². The van der Waals surface area contributed by atoms with Crippen LogP contribution in [-0.2, 0) is 14.8 Å². The Bertz CT molecular complexity index is 753. The summed E-state index contributed by atoms with van der Waals surface area (Å²) in [6, 6.07) is 2.50. The van der Waals surface area contributed by atoms with Gasteiger partial charge in [0.1, 0.15) is 5.54 Å². The fourth-order valence-electron chi connectivity index (χ4n) is 3.60. The Labute approximate surface area is 133 Å². The van der Waals surface area contributed by atoms with E-state index in [1.54, 1.807) is 11.9 Å². The highest BCUT2D eigenvalue weighted by molar-refractivity contribution is 7.89. The van der Waals surface area contributed by atoms with Gasteiger partial charge in [-0.25, -0.2) is 17.2 Å². The van der Waals surface area contributed by atoms with Gasteiger partial charge in [-0.05, 0) is 43.9 Å². The van der Waals surface area contributed by atoms with Crippen LogP contribution < -0.4 is 0 Å². The lowest BCUT2D eigenvalue weighted by atomic mass is 9.87. The van der Waals surface area contributed by atoms with Crippen molar-refractivity contribution < 1.29 is 22.0 Å². The highest BCUT2D eigenvalue weighted by atomic mass is 32.2. The van der Waals surface area contributed by atoms with Crippen molar-refractivity contribution in [2.45, 2.75) is 36.1 Å². The van der Waals surface area contributed by atoms with Gasteiger partial charge in [0.15, 0.2) is 11.6 Å². The first-order valence-corrected chi connectivity index (χ1v) is 8.96. The van der Waals surface area contributed by atoms with Crippen molar-refractivity contribution >= 4 is 15.9 Å². The summed E-state index contributed by atoms with van der Waals surface area (Å²) in [5.74, 6) is -2.53. The number of likely N-dealkylation sites (tertiary alicyclic amines) is 1. The van der Waals surface area contributed by atoms with E-state index in [1.807, 2.05) is 0 Å². The average Bonchev–Trinajstić information content (AvgIpc) is 2.93. The third-order valence-corrected chi connectivity index (χ3v) is 6.70. The van der Waals surface area contributed by atoms with Gasteiger partial charge in [-0.1, -0.05) is 0 Å². The van der Waals surface area contributed by atoms with Gasteiger partial charge in [0, 0.05) is 20.1 Å². The molecule has 1 spiro atoms. The van der Waals surface area contributed by atoms with Crippen molar-refractivity contribution in [2.24, 2.45) is 0 Å². The average molecular weight is 344 g/mol. The molecule has 1 unspecified atom stereocenters. The zero-order valence-corrected chi connectivity index (χ0v) is 13.6. The Morgan fingerprint density at radius 1 is 1.09 bits per heavy atom. The number of likely N-dealkylation sites (N-methyl/N-ethyl adjacent to an activating group) is 1. The van der Waals surface area contributed by atoms with E-state index >= 15 is 0 Å². The van der Waals surface area contributed by atoms with Crippen LogP contribution in [0.2, 0.25) is 0 Å². The highest BCUT2D eigenvalue weighted by Crippen LogP contribution is 2.41. The molecule has 0 radical (unpaired) electrons. The largest absolute Gasteiger partial charge is 0.344 e. The van der Waals surface area contributed by atoms with Gasteiger partial charge in [-0.3, -0.25) is 4.79 Å². The van der Waals surface area contributed by atoms with Crippen LogP contribution in [-0.4, -0.2) is 49.2 Å². The first kappa shape index (κ1) is 16.3. The maximum atomic E-state index is 13.4. The molecule has 1 aromatic rings. The van der Waals surface area contributed by atoms with Crippen molar-refractivity contribution in [3.05, 3.63) is 29.8 Å². The van der Waals surface area contributed by atoms with Gasteiger partial charge in [-0.2, -0.15) is 4.31 Å². The molecule has 2 saturated heterocycles. The molecule has 2 fully saturated rings. The van der Waals surface area contributed by atoms with Crippen LogP contribution in [0.1, 0.15) is 25.7 Å². The van der Waals surface area contributed by atoms with E-state index in [0.717, 1.165) is 12.1 Å². The minimum atomic E-state index is -4.06. The number of benzene rings is 1. The SMILES string of the molecule is CN1CCCC2(CCCN2S(=O)(=O)c2ccc(F)c(F)c2)C1=O. The lowest BCUT2D eigenvalue weighted by Gasteiger charge is -2.42. The van der Waals surface area contributed by atoms with Crippen molar-refractivity contribution in [1.29, 1.82) is 0 Å². The van der Waals surface area contributed by atoms with Crippen LogP contribution in [0, 0.1) is 11.6 Å². The molecule has 126 valence electrons. The van der Waals surface area contributed by atoms with Gasteiger partial charge in [0.25, 0.3) is 0 Å². The first-order valence-electron chi connectivity index (χ1n) is 7.52. The summed E-state index contributed by atoms with van der Waals surface area (Å²) in [7, 11) is -2.41. The molecule has 0 saturated carbocycles. The molecule has 1 atom stereocenters. The van der Waals surface area contributed by atoms with Crippen molar-refractivity contribution in [3.8, 4) is 0 Å². The summed E-state index contributed by atoms with van der Waals surface area (Å²) in [6.45, 7) is 0.806. The zero-order chi connectivity index (χ0) is 16.8. The van der Waals surface area contributed by atoms with Crippen LogP contribution in [0.4, 0.5) is 8.78 Å². The predicted molar refractivity (Wildman–Crippen MR) is 79.1 cm³/mol. The lowest BCUT2D eigenvalue weighted by molar-refractivity contribution is -0.142. The van der Waals surface area contributed by atoms with Crippen LogP contribution in [0.25, 0.3) is 0 Å². The van der Waals surface area contributed by atoms with Crippen LogP contribution in [0.3, 0.4) is 0 Å². The molecule has 0 aromatic heterocycles. The molecule has 0 aliphatic carbocycles. The Morgan fingerprint density at radius 3 is 2.39 bits per heavy atom. The van der Waals surface area contributed by atoms with Gasteiger partial charge in [0.05, 0.1) is 4.90 Å². The Balaban J connectivity index is 2.04.